The molecule has 0 atom stereocenters. The molecule has 0 bridgehead atoms. The number of nitrogens with zero attached hydrogens (tertiary/aromatic N) is 5. The quantitative estimate of drug-likeness (QED) is 0.665. The Hall–Kier alpha value is -2.78. The van der Waals surface area contributed by atoms with Gasteiger partial charge in [0, 0.05) is 12.7 Å². The van der Waals surface area contributed by atoms with Crippen LogP contribution in [0.15, 0.2) is 53.7 Å². The van der Waals surface area contributed by atoms with Gasteiger partial charge in [-0.3, -0.25) is 4.98 Å². The highest BCUT2D eigenvalue weighted by Gasteiger charge is 2.31. The molecule has 0 spiro atoms. The van der Waals surface area contributed by atoms with Crippen molar-refractivity contribution in [1.29, 1.82) is 0 Å². The van der Waals surface area contributed by atoms with Gasteiger partial charge in [-0.1, -0.05) is 17.3 Å². The minimum atomic E-state index is -3.58. The third-order valence-electron chi connectivity index (χ3n) is 4.44. The Morgan fingerprint density at radius 1 is 1.19 bits per heavy atom. The molecule has 1 aliphatic heterocycles. The van der Waals surface area contributed by atoms with Crippen LogP contribution in [0.4, 0.5) is 0 Å². The van der Waals surface area contributed by atoms with Gasteiger partial charge in [-0.05, 0) is 36.8 Å². The Morgan fingerprint density at radius 3 is 2.85 bits per heavy atom. The second-order valence-corrected chi connectivity index (χ2v) is 8.28. The van der Waals surface area contributed by atoms with Crippen molar-refractivity contribution in [1.82, 2.24) is 24.3 Å². The van der Waals surface area contributed by atoms with Gasteiger partial charge < -0.3 is 4.74 Å². The number of benzene rings is 1. The minimum Gasteiger partial charge on any atom is -0.486 e. The number of fused-ring (bicyclic) bond motifs is 1. The molecule has 0 N–H and O–H groups in total. The monoisotopic (exact) mass is 385 g/mol. The van der Waals surface area contributed by atoms with E-state index in [2.05, 4.69) is 15.3 Å². The summed E-state index contributed by atoms with van der Waals surface area (Å²) in [5, 5.41) is 8.28. The Labute approximate surface area is 157 Å². The zero-order valence-electron chi connectivity index (χ0n) is 14.8. The Kier molecular flexibility index (Phi) is 4.63. The van der Waals surface area contributed by atoms with Crippen molar-refractivity contribution < 1.29 is 13.2 Å². The summed E-state index contributed by atoms with van der Waals surface area (Å²) in [4.78, 5) is 4.31. The van der Waals surface area contributed by atoms with Crippen molar-refractivity contribution in [2.24, 2.45) is 0 Å². The van der Waals surface area contributed by atoms with Crippen LogP contribution in [0.25, 0.3) is 0 Å². The molecule has 0 fully saturated rings. The van der Waals surface area contributed by atoms with Gasteiger partial charge in [0.05, 0.1) is 29.9 Å². The standard InChI is InChI=1S/C18H19N5O3S/c1-14-4-2-6-16(10-14)27(24,25)22-8-9-23-18(12-22)17(20-21-23)13-26-15-5-3-7-19-11-15/h2-7,10-11H,8-9,12-13H2,1H3. The van der Waals surface area contributed by atoms with Gasteiger partial charge in [0.1, 0.15) is 18.1 Å². The molecule has 3 heterocycles. The topological polar surface area (TPSA) is 90.2 Å². The number of hydrogen-bond acceptors (Lipinski definition) is 6. The molecule has 0 saturated heterocycles. The van der Waals surface area contributed by atoms with Gasteiger partial charge in [0.25, 0.3) is 0 Å². The Balaban J connectivity index is 1.55. The van der Waals surface area contributed by atoms with Gasteiger partial charge in [-0.25, -0.2) is 13.1 Å². The van der Waals surface area contributed by atoms with E-state index in [0.717, 1.165) is 11.3 Å². The molecule has 0 radical (unpaired) electrons. The molecule has 0 aliphatic carbocycles. The van der Waals surface area contributed by atoms with Crippen LogP contribution in [-0.2, 0) is 29.7 Å². The third-order valence-corrected chi connectivity index (χ3v) is 6.28. The van der Waals surface area contributed by atoms with Crippen LogP contribution in [0, 0.1) is 6.92 Å². The summed E-state index contributed by atoms with van der Waals surface area (Å²) in [6, 6.07) is 10.5. The van der Waals surface area contributed by atoms with E-state index in [9.17, 15) is 8.42 Å². The molecule has 3 aromatic rings. The molecule has 1 aliphatic rings. The van der Waals surface area contributed by atoms with E-state index in [-0.39, 0.29) is 13.2 Å². The van der Waals surface area contributed by atoms with E-state index in [1.54, 1.807) is 47.4 Å². The van der Waals surface area contributed by atoms with Crippen molar-refractivity contribution in [3.8, 4) is 5.75 Å². The molecule has 1 aromatic carbocycles. The van der Waals surface area contributed by atoms with Crippen LogP contribution in [0.5, 0.6) is 5.75 Å². The van der Waals surface area contributed by atoms with E-state index in [1.165, 1.54) is 4.31 Å². The molecule has 8 nitrogen and oxygen atoms in total. The maximum absolute atomic E-state index is 13.0. The SMILES string of the molecule is Cc1cccc(S(=O)(=O)N2CCn3nnc(COc4cccnc4)c3C2)c1. The second kappa shape index (κ2) is 7.09. The second-order valence-electron chi connectivity index (χ2n) is 6.34. The fourth-order valence-electron chi connectivity index (χ4n) is 3.00. The highest BCUT2D eigenvalue weighted by Crippen LogP contribution is 2.23. The third kappa shape index (κ3) is 3.56. The Bertz CT molecular complexity index is 1050. The van der Waals surface area contributed by atoms with E-state index in [4.69, 9.17) is 4.74 Å². The fourth-order valence-corrected chi connectivity index (χ4v) is 4.50. The molecule has 9 heteroatoms. The summed E-state index contributed by atoms with van der Waals surface area (Å²) in [6.07, 6.45) is 3.28. The average molecular weight is 385 g/mol. The van der Waals surface area contributed by atoms with Crippen LogP contribution in [0.2, 0.25) is 0 Å². The largest absolute Gasteiger partial charge is 0.486 e. The molecule has 0 unspecified atom stereocenters. The number of aromatic nitrogens is 4. The fraction of sp³-hybridized carbons (Fsp3) is 0.278. The van der Waals surface area contributed by atoms with Crippen LogP contribution >= 0.6 is 0 Å². The normalized spacial score (nSPS) is 14.7. The first kappa shape index (κ1) is 17.6. The summed E-state index contributed by atoms with van der Waals surface area (Å²) >= 11 is 0. The zero-order chi connectivity index (χ0) is 18.9. The first-order valence-corrected chi connectivity index (χ1v) is 9.99. The highest BCUT2D eigenvalue weighted by atomic mass is 32.2. The number of sulfonamides is 1. The summed E-state index contributed by atoms with van der Waals surface area (Å²) in [5.74, 6) is 0.624. The van der Waals surface area contributed by atoms with Crippen molar-refractivity contribution in [2.45, 2.75) is 31.5 Å². The summed E-state index contributed by atoms with van der Waals surface area (Å²) < 4.78 is 34.9. The van der Waals surface area contributed by atoms with Crippen molar-refractivity contribution >= 4 is 10.0 Å². The lowest BCUT2D eigenvalue weighted by atomic mass is 10.2. The molecule has 140 valence electrons. The molecular weight excluding hydrogens is 366 g/mol. The average Bonchev–Trinajstić information content (AvgIpc) is 3.09. The highest BCUT2D eigenvalue weighted by molar-refractivity contribution is 7.89. The molecule has 27 heavy (non-hydrogen) atoms. The van der Waals surface area contributed by atoms with Gasteiger partial charge in [-0.15, -0.1) is 5.10 Å². The van der Waals surface area contributed by atoms with E-state index in [1.807, 2.05) is 13.0 Å². The van der Waals surface area contributed by atoms with E-state index in [0.29, 0.717) is 29.4 Å². The Morgan fingerprint density at radius 2 is 2.07 bits per heavy atom. The van der Waals surface area contributed by atoms with E-state index >= 15 is 0 Å². The smallest absolute Gasteiger partial charge is 0.243 e. The predicted molar refractivity (Wildman–Crippen MR) is 97.4 cm³/mol. The lowest BCUT2D eigenvalue weighted by Crippen LogP contribution is -2.38. The van der Waals surface area contributed by atoms with Gasteiger partial charge in [0.15, 0.2) is 0 Å². The maximum Gasteiger partial charge on any atom is 0.243 e. The molecular formula is C18H19N5O3S. The van der Waals surface area contributed by atoms with Crippen LogP contribution < -0.4 is 4.74 Å². The zero-order valence-corrected chi connectivity index (χ0v) is 15.6. The van der Waals surface area contributed by atoms with E-state index < -0.39 is 10.0 Å². The first-order valence-electron chi connectivity index (χ1n) is 8.55. The van der Waals surface area contributed by atoms with Gasteiger partial charge >= 0.3 is 0 Å². The molecule has 2 aromatic heterocycles. The molecule has 0 saturated carbocycles. The number of hydrogen-bond donors (Lipinski definition) is 0. The summed E-state index contributed by atoms with van der Waals surface area (Å²) in [5.41, 5.74) is 2.29. The number of aryl methyl sites for hydroxylation is 1. The lowest BCUT2D eigenvalue weighted by molar-refractivity contribution is 0.290. The van der Waals surface area contributed by atoms with Gasteiger partial charge in [-0.2, -0.15) is 4.31 Å². The van der Waals surface area contributed by atoms with Crippen LogP contribution in [0.1, 0.15) is 17.0 Å². The van der Waals surface area contributed by atoms with Crippen LogP contribution in [-0.4, -0.2) is 39.2 Å². The summed E-state index contributed by atoms with van der Waals surface area (Å²) in [6.45, 7) is 3.12. The predicted octanol–water partition coefficient (Wildman–Crippen LogP) is 1.77. The first-order chi connectivity index (χ1) is 13.0. The number of rotatable bonds is 5. The minimum absolute atomic E-state index is 0.208. The maximum atomic E-state index is 13.0. The lowest BCUT2D eigenvalue weighted by Gasteiger charge is -2.27. The van der Waals surface area contributed by atoms with Crippen molar-refractivity contribution in [3.63, 3.8) is 0 Å². The molecule has 0 amide bonds. The molecule has 4 rings (SSSR count). The van der Waals surface area contributed by atoms with Gasteiger partial charge in [0.2, 0.25) is 10.0 Å². The van der Waals surface area contributed by atoms with Crippen LogP contribution in [0.3, 0.4) is 0 Å². The van der Waals surface area contributed by atoms with Crippen molar-refractivity contribution in [3.05, 3.63) is 65.7 Å². The van der Waals surface area contributed by atoms with Crippen molar-refractivity contribution in [2.75, 3.05) is 6.54 Å². The number of pyridine rings is 1. The number of ether oxygens (including phenoxy) is 1. The summed E-state index contributed by atoms with van der Waals surface area (Å²) in [7, 11) is -3.58.